The van der Waals surface area contributed by atoms with Crippen LogP contribution in [-0.2, 0) is 14.2 Å². The molecular formula is C8H14F3O3. The van der Waals surface area contributed by atoms with Crippen molar-refractivity contribution in [3.8, 4) is 0 Å². The van der Waals surface area contributed by atoms with Gasteiger partial charge in [-0.1, -0.05) is 0 Å². The molecule has 0 fully saturated rings. The lowest BCUT2D eigenvalue weighted by Crippen LogP contribution is -2.37. The van der Waals surface area contributed by atoms with Crippen LogP contribution in [0.25, 0.3) is 0 Å². The minimum absolute atomic E-state index is 0.197. The molecule has 6 heteroatoms. The fraction of sp³-hybridized carbons (Fsp3) is 0.875. The van der Waals surface area contributed by atoms with Gasteiger partial charge >= 0.3 is 6.18 Å². The zero-order valence-electron chi connectivity index (χ0n) is 8.35. The second-order valence-electron chi connectivity index (χ2n) is 2.51. The van der Waals surface area contributed by atoms with Gasteiger partial charge in [0.15, 0.2) is 6.61 Å². The fourth-order valence-corrected chi connectivity index (χ4v) is 0.808. The Morgan fingerprint density at radius 1 is 1.07 bits per heavy atom. The van der Waals surface area contributed by atoms with E-state index in [2.05, 4.69) is 4.74 Å². The molecule has 0 spiro atoms. The van der Waals surface area contributed by atoms with Crippen molar-refractivity contribution in [3.05, 3.63) is 6.61 Å². The molecule has 0 aromatic rings. The maximum absolute atomic E-state index is 11.8. The molecule has 0 unspecified atom stereocenters. The van der Waals surface area contributed by atoms with Gasteiger partial charge in [-0.05, 0) is 13.8 Å². The summed E-state index contributed by atoms with van der Waals surface area (Å²) < 4.78 is 49.5. The van der Waals surface area contributed by atoms with Crippen molar-refractivity contribution in [2.45, 2.75) is 32.9 Å². The number of ether oxygens (including phenoxy) is 3. The average Bonchev–Trinajstić information content (AvgIpc) is 2.01. The van der Waals surface area contributed by atoms with Crippen molar-refractivity contribution < 1.29 is 27.4 Å². The predicted molar refractivity (Wildman–Crippen MR) is 43.1 cm³/mol. The monoisotopic (exact) mass is 215 g/mol. The lowest BCUT2D eigenvalue weighted by atomic mass is 10.6. The highest BCUT2D eigenvalue weighted by Crippen LogP contribution is 2.24. The van der Waals surface area contributed by atoms with E-state index in [0.29, 0.717) is 0 Å². The maximum Gasteiger partial charge on any atom is 0.417 e. The van der Waals surface area contributed by atoms with Gasteiger partial charge in [0.1, 0.15) is 0 Å². The number of rotatable bonds is 6. The van der Waals surface area contributed by atoms with E-state index < -0.39 is 12.1 Å². The van der Waals surface area contributed by atoms with E-state index in [-0.39, 0.29) is 19.8 Å². The summed E-state index contributed by atoms with van der Waals surface area (Å²) in [6, 6.07) is 0. The van der Waals surface area contributed by atoms with Gasteiger partial charge in [-0.15, -0.1) is 0 Å². The van der Waals surface area contributed by atoms with Crippen LogP contribution in [0.4, 0.5) is 13.2 Å². The van der Waals surface area contributed by atoms with Crippen molar-refractivity contribution in [2.24, 2.45) is 0 Å². The molecule has 0 aromatic heterocycles. The molecule has 0 aliphatic carbocycles. The topological polar surface area (TPSA) is 27.7 Å². The molecule has 0 aliphatic heterocycles. The van der Waals surface area contributed by atoms with Crippen LogP contribution in [-0.4, -0.2) is 25.4 Å². The Labute approximate surface area is 81.1 Å². The van der Waals surface area contributed by atoms with E-state index in [1.54, 1.807) is 13.8 Å². The first kappa shape index (κ1) is 13.7. The molecule has 1 radical (unpaired) electrons. The standard InChI is InChI=1S/C8H14F3O3/c1-4-12-7(3,13-5-2)14-6-8(9,10)11/h6H,4-5H2,1-3H3. The molecule has 85 valence electrons. The molecule has 0 heterocycles. The minimum atomic E-state index is -4.50. The summed E-state index contributed by atoms with van der Waals surface area (Å²) in [6.07, 6.45) is -4.50. The second kappa shape index (κ2) is 5.53. The molecule has 0 bridgehead atoms. The van der Waals surface area contributed by atoms with Gasteiger partial charge in [-0.3, -0.25) is 0 Å². The van der Waals surface area contributed by atoms with Crippen molar-refractivity contribution >= 4 is 0 Å². The Kier molecular flexibility index (Phi) is 5.40. The normalized spacial score (nSPS) is 13.3. The van der Waals surface area contributed by atoms with Crippen LogP contribution >= 0.6 is 0 Å². The van der Waals surface area contributed by atoms with Crippen LogP contribution < -0.4 is 0 Å². The highest BCUT2D eigenvalue weighted by molar-refractivity contribution is 4.65. The summed E-state index contributed by atoms with van der Waals surface area (Å²) in [7, 11) is 0. The van der Waals surface area contributed by atoms with Gasteiger partial charge in [-0.25, -0.2) is 0 Å². The van der Waals surface area contributed by atoms with Crippen LogP contribution in [0, 0.1) is 6.61 Å². The number of hydrogen-bond donors (Lipinski definition) is 0. The van der Waals surface area contributed by atoms with Crippen molar-refractivity contribution in [3.63, 3.8) is 0 Å². The molecule has 0 amide bonds. The van der Waals surface area contributed by atoms with E-state index in [1.807, 2.05) is 0 Å². The Morgan fingerprint density at radius 3 is 1.79 bits per heavy atom. The van der Waals surface area contributed by atoms with Crippen molar-refractivity contribution in [2.75, 3.05) is 13.2 Å². The van der Waals surface area contributed by atoms with E-state index in [4.69, 9.17) is 9.47 Å². The van der Waals surface area contributed by atoms with Gasteiger partial charge in [-0.2, -0.15) is 13.2 Å². The molecule has 14 heavy (non-hydrogen) atoms. The quantitative estimate of drug-likeness (QED) is 0.637. The summed E-state index contributed by atoms with van der Waals surface area (Å²) in [5.41, 5.74) is 0. The summed E-state index contributed by atoms with van der Waals surface area (Å²) in [5.74, 6) is -1.67. The molecule has 0 atom stereocenters. The fourth-order valence-electron chi connectivity index (χ4n) is 0.808. The summed E-state index contributed by atoms with van der Waals surface area (Å²) in [4.78, 5) is 0. The van der Waals surface area contributed by atoms with Crippen LogP contribution in [0.1, 0.15) is 20.8 Å². The Morgan fingerprint density at radius 2 is 1.50 bits per heavy atom. The third-order valence-electron chi connectivity index (χ3n) is 1.22. The third kappa shape index (κ3) is 6.17. The van der Waals surface area contributed by atoms with Crippen LogP contribution in [0.2, 0.25) is 0 Å². The van der Waals surface area contributed by atoms with E-state index in [0.717, 1.165) is 0 Å². The van der Waals surface area contributed by atoms with E-state index in [1.165, 1.54) is 6.92 Å². The molecule has 0 aromatic carbocycles. The Balaban J connectivity index is 4.08. The summed E-state index contributed by atoms with van der Waals surface area (Å²) in [6.45, 7) is 4.69. The first-order valence-corrected chi connectivity index (χ1v) is 4.20. The first-order valence-electron chi connectivity index (χ1n) is 4.20. The molecule has 0 saturated carbocycles. The molecule has 0 N–H and O–H groups in total. The number of halogens is 3. The summed E-state index contributed by atoms with van der Waals surface area (Å²) >= 11 is 0. The smallest absolute Gasteiger partial charge is 0.328 e. The lowest BCUT2D eigenvalue weighted by molar-refractivity contribution is -0.368. The van der Waals surface area contributed by atoms with Crippen LogP contribution in [0.3, 0.4) is 0 Å². The largest absolute Gasteiger partial charge is 0.417 e. The Hall–Kier alpha value is -0.330. The van der Waals surface area contributed by atoms with Gasteiger partial charge in [0.05, 0.1) is 0 Å². The lowest BCUT2D eigenvalue weighted by Gasteiger charge is -2.28. The number of hydrogen-bond acceptors (Lipinski definition) is 3. The molecule has 0 rings (SSSR count). The average molecular weight is 215 g/mol. The van der Waals surface area contributed by atoms with Gasteiger partial charge < -0.3 is 14.2 Å². The van der Waals surface area contributed by atoms with Crippen molar-refractivity contribution in [1.82, 2.24) is 0 Å². The van der Waals surface area contributed by atoms with Crippen molar-refractivity contribution in [1.29, 1.82) is 0 Å². The highest BCUT2D eigenvalue weighted by atomic mass is 19.4. The highest BCUT2D eigenvalue weighted by Gasteiger charge is 2.36. The molecule has 0 aliphatic rings. The van der Waals surface area contributed by atoms with Gasteiger partial charge in [0.2, 0.25) is 0 Å². The zero-order valence-corrected chi connectivity index (χ0v) is 8.35. The second-order valence-corrected chi connectivity index (χ2v) is 2.51. The van der Waals surface area contributed by atoms with Crippen LogP contribution in [0.15, 0.2) is 0 Å². The molecule has 3 nitrogen and oxygen atoms in total. The summed E-state index contributed by atoms with van der Waals surface area (Å²) in [5, 5.41) is 0. The molecular weight excluding hydrogens is 201 g/mol. The Bertz CT molecular complexity index is 152. The van der Waals surface area contributed by atoms with Gasteiger partial charge in [0, 0.05) is 20.1 Å². The number of alkyl halides is 3. The first-order chi connectivity index (χ1) is 6.33. The van der Waals surface area contributed by atoms with Gasteiger partial charge in [0.25, 0.3) is 5.97 Å². The maximum atomic E-state index is 11.8. The molecule has 0 saturated heterocycles. The van der Waals surface area contributed by atoms with E-state index in [9.17, 15) is 13.2 Å². The minimum Gasteiger partial charge on any atom is -0.328 e. The van der Waals surface area contributed by atoms with Crippen LogP contribution in [0.5, 0.6) is 0 Å². The predicted octanol–water partition coefficient (Wildman–Crippen LogP) is 2.47. The SMILES string of the molecule is CCOC(C)(O[CH]C(F)(F)F)OCC. The third-order valence-corrected chi connectivity index (χ3v) is 1.22. The zero-order chi connectivity index (χ0) is 11.2. The van der Waals surface area contributed by atoms with E-state index >= 15 is 0 Å².